The highest BCUT2D eigenvalue weighted by molar-refractivity contribution is 6.35. The second kappa shape index (κ2) is 7.28. The Hall–Kier alpha value is -2.32. The number of halogens is 1. The minimum Gasteiger partial charge on any atom is -0.465 e. The molecule has 1 aliphatic heterocycles. The van der Waals surface area contributed by atoms with E-state index in [2.05, 4.69) is 15.2 Å². The maximum Gasteiger partial charge on any atom is 0.404 e. The summed E-state index contributed by atoms with van der Waals surface area (Å²) >= 11 is 6.22. The fraction of sp³-hybridized carbons (Fsp3) is 0.438. The van der Waals surface area contributed by atoms with E-state index in [0.29, 0.717) is 41.3 Å². The summed E-state index contributed by atoms with van der Waals surface area (Å²) in [6.45, 7) is 3.22. The molecule has 1 amide bonds. The van der Waals surface area contributed by atoms with E-state index >= 15 is 0 Å². The van der Waals surface area contributed by atoms with E-state index in [4.69, 9.17) is 16.7 Å². The number of aromatic nitrogens is 2. The van der Waals surface area contributed by atoms with Crippen LogP contribution in [0.4, 0.5) is 4.79 Å². The Morgan fingerprint density at radius 2 is 2.04 bits per heavy atom. The van der Waals surface area contributed by atoms with E-state index in [9.17, 15) is 9.59 Å². The third-order valence-electron chi connectivity index (χ3n) is 4.28. The second-order valence-electron chi connectivity index (χ2n) is 6.02. The van der Waals surface area contributed by atoms with Gasteiger partial charge in [0.25, 0.3) is 5.56 Å². The molecular formula is C16H20ClN5O3. The summed E-state index contributed by atoms with van der Waals surface area (Å²) < 4.78 is 1.56. The first-order chi connectivity index (χ1) is 12.0. The number of likely N-dealkylation sites (N-methyl/N-ethyl adjacent to an activating group) is 1. The van der Waals surface area contributed by atoms with E-state index < -0.39 is 6.09 Å². The summed E-state index contributed by atoms with van der Waals surface area (Å²) in [5.74, 6) is 0.526. The number of carbonyl (C=O) groups is 1. The number of hydrogen-bond acceptors (Lipinski definition) is 5. The Kier molecular flexibility index (Phi) is 5.10. The van der Waals surface area contributed by atoms with Crippen LogP contribution in [0.2, 0.25) is 5.02 Å². The molecule has 1 fully saturated rings. The molecule has 2 N–H and O–H groups in total. The highest BCUT2D eigenvalue weighted by Crippen LogP contribution is 2.19. The van der Waals surface area contributed by atoms with Gasteiger partial charge >= 0.3 is 6.09 Å². The van der Waals surface area contributed by atoms with Crippen LogP contribution in [0.15, 0.2) is 23.0 Å². The van der Waals surface area contributed by atoms with Gasteiger partial charge in [-0.05, 0) is 19.2 Å². The van der Waals surface area contributed by atoms with Crippen LogP contribution >= 0.6 is 11.6 Å². The van der Waals surface area contributed by atoms with Gasteiger partial charge in [-0.15, -0.1) is 0 Å². The average Bonchev–Trinajstić information content (AvgIpc) is 2.56. The second-order valence-corrected chi connectivity index (χ2v) is 6.43. The van der Waals surface area contributed by atoms with Gasteiger partial charge in [0.15, 0.2) is 0 Å². The number of piperazine rings is 1. The van der Waals surface area contributed by atoms with E-state index in [0.717, 1.165) is 13.1 Å². The third kappa shape index (κ3) is 3.69. The Morgan fingerprint density at radius 3 is 2.72 bits per heavy atom. The predicted molar refractivity (Wildman–Crippen MR) is 96.2 cm³/mol. The van der Waals surface area contributed by atoms with Crippen LogP contribution in [-0.4, -0.2) is 65.5 Å². The lowest BCUT2D eigenvalue weighted by Crippen LogP contribution is -2.54. The Labute approximate surface area is 149 Å². The first-order valence-electron chi connectivity index (χ1n) is 8.08. The summed E-state index contributed by atoms with van der Waals surface area (Å²) in [5.41, 5.74) is 0.304. The van der Waals surface area contributed by atoms with Crippen molar-refractivity contribution < 1.29 is 9.90 Å². The monoisotopic (exact) mass is 365 g/mol. The third-order valence-corrected chi connectivity index (χ3v) is 4.59. The van der Waals surface area contributed by atoms with Crippen molar-refractivity contribution in [2.45, 2.75) is 6.42 Å². The molecule has 134 valence electrons. The van der Waals surface area contributed by atoms with Gasteiger partial charge in [0.2, 0.25) is 0 Å². The smallest absolute Gasteiger partial charge is 0.404 e. The molecule has 0 unspecified atom stereocenters. The maximum absolute atomic E-state index is 13.1. The van der Waals surface area contributed by atoms with Crippen LogP contribution < -0.4 is 15.9 Å². The Morgan fingerprint density at radius 1 is 1.32 bits per heavy atom. The van der Waals surface area contributed by atoms with Crippen LogP contribution in [0, 0.1) is 0 Å². The number of rotatable bonds is 4. The summed E-state index contributed by atoms with van der Waals surface area (Å²) in [7, 11) is 2.04. The van der Waals surface area contributed by atoms with Gasteiger partial charge in [-0.2, -0.15) is 0 Å². The predicted octanol–water partition coefficient (Wildman–Crippen LogP) is 0.743. The molecule has 1 aliphatic rings. The van der Waals surface area contributed by atoms with Crippen LogP contribution in [-0.2, 0) is 6.42 Å². The van der Waals surface area contributed by atoms with Gasteiger partial charge in [0.05, 0.1) is 15.9 Å². The summed E-state index contributed by atoms with van der Waals surface area (Å²) in [5, 5.41) is 13.8. The van der Waals surface area contributed by atoms with Gasteiger partial charge in [0.1, 0.15) is 5.82 Å². The molecule has 0 bridgehead atoms. The quantitative estimate of drug-likeness (QED) is 0.830. The minimum atomic E-state index is -1.10. The molecule has 1 aromatic carbocycles. The van der Waals surface area contributed by atoms with Crippen molar-refractivity contribution in [3.63, 3.8) is 0 Å². The molecular weight excluding hydrogens is 346 g/mol. The van der Waals surface area contributed by atoms with Gasteiger partial charge in [-0.1, -0.05) is 17.7 Å². The fourth-order valence-electron chi connectivity index (χ4n) is 2.96. The molecule has 3 rings (SSSR count). The van der Waals surface area contributed by atoms with Crippen molar-refractivity contribution in [2.24, 2.45) is 0 Å². The Bertz CT molecular complexity index is 846. The van der Waals surface area contributed by atoms with Crippen molar-refractivity contribution in [3.05, 3.63) is 39.4 Å². The van der Waals surface area contributed by atoms with Gasteiger partial charge < -0.3 is 20.3 Å². The lowest BCUT2D eigenvalue weighted by molar-refractivity contribution is 0.194. The lowest BCUT2D eigenvalue weighted by atomic mass is 10.2. The largest absolute Gasteiger partial charge is 0.465 e. The van der Waals surface area contributed by atoms with Crippen LogP contribution in [0.3, 0.4) is 0 Å². The highest BCUT2D eigenvalue weighted by Gasteiger charge is 2.21. The lowest BCUT2D eigenvalue weighted by Gasteiger charge is -2.35. The van der Waals surface area contributed by atoms with E-state index in [1.54, 1.807) is 22.9 Å². The average molecular weight is 366 g/mol. The van der Waals surface area contributed by atoms with Crippen molar-refractivity contribution >= 4 is 28.6 Å². The normalized spacial score (nSPS) is 15.5. The number of carboxylic acid groups (broad SMARTS) is 1. The molecule has 8 nitrogen and oxygen atoms in total. The zero-order valence-corrected chi connectivity index (χ0v) is 14.7. The SMILES string of the molecule is CN1CCN(n2c(CCNC(=O)O)nc3cccc(Cl)c3c2=O)CC1. The molecule has 0 aliphatic carbocycles. The van der Waals surface area contributed by atoms with Gasteiger partial charge in [0, 0.05) is 39.1 Å². The van der Waals surface area contributed by atoms with E-state index in [1.807, 2.05) is 12.1 Å². The topological polar surface area (TPSA) is 90.7 Å². The molecule has 0 spiro atoms. The number of nitrogens with one attached hydrogen (secondary N) is 1. The van der Waals surface area contributed by atoms with Crippen molar-refractivity contribution in [1.29, 1.82) is 0 Å². The number of nitrogens with zero attached hydrogens (tertiary/aromatic N) is 4. The number of fused-ring (bicyclic) bond motifs is 1. The van der Waals surface area contributed by atoms with Crippen molar-refractivity contribution in [3.8, 4) is 0 Å². The first-order valence-corrected chi connectivity index (χ1v) is 8.46. The van der Waals surface area contributed by atoms with Gasteiger partial charge in [-0.3, -0.25) is 4.79 Å². The first kappa shape index (κ1) is 17.5. The number of benzene rings is 1. The Balaban J connectivity index is 2.06. The fourth-order valence-corrected chi connectivity index (χ4v) is 3.21. The van der Waals surface area contributed by atoms with Crippen LogP contribution in [0.25, 0.3) is 10.9 Å². The molecule has 1 aromatic heterocycles. The van der Waals surface area contributed by atoms with Crippen LogP contribution in [0.5, 0.6) is 0 Å². The molecule has 1 saturated heterocycles. The van der Waals surface area contributed by atoms with Crippen molar-refractivity contribution in [1.82, 2.24) is 19.9 Å². The summed E-state index contributed by atoms with van der Waals surface area (Å²) in [4.78, 5) is 30.6. The standard InChI is InChI=1S/C16H20ClN5O3/c1-20-7-9-21(10-8-20)22-13(5-6-18-16(24)25)19-12-4-2-3-11(17)14(12)15(22)23/h2-4,18H,5-10H2,1H3,(H,24,25). The molecule has 2 aromatic rings. The van der Waals surface area contributed by atoms with Crippen LogP contribution in [0.1, 0.15) is 5.82 Å². The number of amides is 1. The highest BCUT2D eigenvalue weighted by atomic mass is 35.5. The van der Waals surface area contributed by atoms with E-state index in [-0.39, 0.29) is 12.1 Å². The zero-order valence-electron chi connectivity index (χ0n) is 13.9. The molecule has 2 heterocycles. The number of hydrogen-bond donors (Lipinski definition) is 2. The zero-order chi connectivity index (χ0) is 18.0. The van der Waals surface area contributed by atoms with E-state index in [1.165, 1.54) is 0 Å². The van der Waals surface area contributed by atoms with Gasteiger partial charge in [-0.25, -0.2) is 14.5 Å². The molecule has 0 atom stereocenters. The summed E-state index contributed by atoms with van der Waals surface area (Å²) in [6, 6.07) is 5.16. The van der Waals surface area contributed by atoms with Crippen molar-refractivity contribution in [2.75, 3.05) is 44.8 Å². The molecule has 25 heavy (non-hydrogen) atoms. The minimum absolute atomic E-state index is 0.182. The maximum atomic E-state index is 13.1. The summed E-state index contributed by atoms with van der Waals surface area (Å²) in [6.07, 6.45) is -0.784. The molecule has 0 radical (unpaired) electrons. The molecule has 0 saturated carbocycles. The molecule has 9 heteroatoms.